The van der Waals surface area contributed by atoms with Crippen molar-refractivity contribution in [2.24, 2.45) is 10.7 Å². The van der Waals surface area contributed by atoms with E-state index in [1.54, 1.807) is 14.2 Å². The molecule has 31 heavy (non-hydrogen) atoms. The van der Waals surface area contributed by atoms with E-state index in [-0.39, 0.29) is 5.88 Å². The highest BCUT2D eigenvalue weighted by Gasteiger charge is 2.21. The van der Waals surface area contributed by atoms with Crippen LogP contribution in [0.5, 0.6) is 17.4 Å². The Hall–Kier alpha value is -3.77. The second-order valence-corrected chi connectivity index (χ2v) is 7.13. The van der Waals surface area contributed by atoms with Crippen molar-refractivity contribution in [2.45, 2.75) is 6.42 Å². The molecule has 0 unspecified atom stereocenters. The number of hydrogen-bond acceptors (Lipinski definition) is 5. The van der Waals surface area contributed by atoms with E-state index < -0.39 is 0 Å². The number of aromatic hydroxyl groups is 1. The number of fused-ring (bicyclic) bond motifs is 1. The quantitative estimate of drug-likeness (QED) is 0.386. The van der Waals surface area contributed by atoms with E-state index in [0.29, 0.717) is 29.3 Å². The minimum Gasteiger partial charge on any atom is -0.494 e. The minimum absolute atomic E-state index is 0.0349. The molecule has 0 aliphatic heterocycles. The van der Waals surface area contributed by atoms with Crippen LogP contribution in [-0.2, 0) is 6.42 Å². The van der Waals surface area contributed by atoms with Crippen molar-refractivity contribution in [3.63, 3.8) is 0 Å². The average molecular weight is 415 g/mol. The largest absolute Gasteiger partial charge is 0.494 e. The van der Waals surface area contributed by atoms with E-state index in [2.05, 4.69) is 4.98 Å². The average Bonchev–Trinajstić information content (AvgIpc) is 3.12. The number of nitrogens with zero attached hydrogens (tertiary/aromatic N) is 1. The van der Waals surface area contributed by atoms with Gasteiger partial charge in [0.05, 0.1) is 36.7 Å². The zero-order valence-electron chi connectivity index (χ0n) is 17.6. The topological polar surface area (TPSA) is 92.9 Å². The SMILES string of the molecule is COc1cc2[nH]c(O)c(C(=Nc3ccc(CCN)cc3)c3ccccc3)c2cc1OC. The number of aliphatic imine (C=N–C) groups is 1. The molecule has 158 valence electrons. The number of ether oxygens (including phenoxy) is 2. The van der Waals surface area contributed by atoms with Gasteiger partial charge in [-0.1, -0.05) is 42.5 Å². The number of aromatic nitrogens is 1. The minimum atomic E-state index is 0.0349. The molecule has 0 aliphatic carbocycles. The molecule has 0 saturated heterocycles. The summed E-state index contributed by atoms with van der Waals surface area (Å²) in [6.45, 7) is 0.604. The van der Waals surface area contributed by atoms with Crippen LogP contribution in [0.2, 0.25) is 0 Å². The lowest BCUT2D eigenvalue weighted by Crippen LogP contribution is -2.03. The van der Waals surface area contributed by atoms with Gasteiger partial charge in [-0.15, -0.1) is 0 Å². The van der Waals surface area contributed by atoms with Gasteiger partial charge in [-0.25, -0.2) is 4.99 Å². The normalized spacial score (nSPS) is 11.6. The van der Waals surface area contributed by atoms with E-state index in [9.17, 15) is 5.11 Å². The Labute approximate surface area is 181 Å². The Morgan fingerprint density at radius 1 is 0.968 bits per heavy atom. The van der Waals surface area contributed by atoms with Crippen LogP contribution in [0.1, 0.15) is 16.7 Å². The molecule has 6 heteroatoms. The molecule has 3 aromatic carbocycles. The maximum absolute atomic E-state index is 10.9. The Kier molecular flexibility index (Phi) is 5.91. The maximum Gasteiger partial charge on any atom is 0.199 e. The summed E-state index contributed by atoms with van der Waals surface area (Å²) in [7, 11) is 3.17. The van der Waals surface area contributed by atoms with E-state index in [1.165, 1.54) is 0 Å². The molecular weight excluding hydrogens is 390 g/mol. The van der Waals surface area contributed by atoms with Crippen molar-refractivity contribution in [3.05, 3.63) is 83.4 Å². The number of nitrogens with one attached hydrogen (secondary N) is 1. The molecule has 0 spiro atoms. The summed E-state index contributed by atoms with van der Waals surface area (Å²) in [5.74, 6) is 1.19. The lowest BCUT2D eigenvalue weighted by molar-refractivity contribution is 0.356. The van der Waals surface area contributed by atoms with Gasteiger partial charge in [0.15, 0.2) is 17.4 Å². The number of rotatable bonds is 7. The van der Waals surface area contributed by atoms with Crippen molar-refractivity contribution < 1.29 is 14.6 Å². The Morgan fingerprint density at radius 3 is 2.29 bits per heavy atom. The summed E-state index contributed by atoms with van der Waals surface area (Å²) in [6, 6.07) is 21.4. The molecule has 1 heterocycles. The summed E-state index contributed by atoms with van der Waals surface area (Å²) in [4.78, 5) is 7.96. The molecule has 1 aromatic heterocycles. The molecule has 0 bridgehead atoms. The highest BCUT2D eigenvalue weighted by molar-refractivity contribution is 6.22. The van der Waals surface area contributed by atoms with Gasteiger partial charge < -0.3 is 25.3 Å². The van der Waals surface area contributed by atoms with Gasteiger partial charge >= 0.3 is 0 Å². The van der Waals surface area contributed by atoms with Crippen molar-refractivity contribution >= 4 is 22.3 Å². The molecule has 4 rings (SSSR count). The van der Waals surface area contributed by atoms with Crippen LogP contribution in [0.15, 0.2) is 71.7 Å². The monoisotopic (exact) mass is 415 g/mol. The number of nitrogens with two attached hydrogens (primary N) is 1. The molecular formula is C25H25N3O3. The van der Waals surface area contributed by atoms with E-state index in [4.69, 9.17) is 20.2 Å². The lowest BCUT2D eigenvalue weighted by atomic mass is 10.0. The molecule has 0 radical (unpaired) electrons. The fourth-order valence-electron chi connectivity index (χ4n) is 3.64. The van der Waals surface area contributed by atoms with Gasteiger partial charge in [0.25, 0.3) is 0 Å². The van der Waals surface area contributed by atoms with Crippen LogP contribution in [0, 0.1) is 0 Å². The number of aromatic amines is 1. The first-order chi connectivity index (χ1) is 15.1. The summed E-state index contributed by atoms with van der Waals surface area (Å²) in [5, 5.41) is 11.6. The van der Waals surface area contributed by atoms with Crippen molar-refractivity contribution in [3.8, 4) is 17.4 Å². The summed E-state index contributed by atoms with van der Waals surface area (Å²) < 4.78 is 10.9. The number of H-pyrrole nitrogens is 1. The van der Waals surface area contributed by atoms with E-state index in [0.717, 1.165) is 34.1 Å². The first kappa shape index (κ1) is 20.5. The van der Waals surface area contributed by atoms with Crippen LogP contribution >= 0.6 is 0 Å². The highest BCUT2D eigenvalue weighted by atomic mass is 16.5. The number of hydrogen-bond donors (Lipinski definition) is 3. The van der Waals surface area contributed by atoms with Gasteiger partial charge in [0.1, 0.15) is 0 Å². The molecule has 4 aromatic rings. The van der Waals surface area contributed by atoms with E-state index >= 15 is 0 Å². The van der Waals surface area contributed by atoms with Gasteiger partial charge in [0, 0.05) is 17.0 Å². The fourth-order valence-corrected chi connectivity index (χ4v) is 3.64. The second-order valence-electron chi connectivity index (χ2n) is 7.13. The van der Waals surface area contributed by atoms with Crippen molar-refractivity contribution in [1.29, 1.82) is 0 Å². The number of methoxy groups -OCH3 is 2. The molecule has 0 fully saturated rings. The standard InChI is InChI=1S/C25H25N3O3/c1-30-21-14-19-20(15-22(21)31-2)28-25(29)23(19)24(17-6-4-3-5-7-17)27-18-10-8-16(9-11-18)12-13-26/h3-11,14-15,28-29H,12-13,26H2,1-2H3. The Bertz CT molecular complexity index is 1210. The Balaban J connectivity index is 1.92. The lowest BCUT2D eigenvalue weighted by Gasteiger charge is -2.10. The smallest absolute Gasteiger partial charge is 0.199 e. The van der Waals surface area contributed by atoms with Crippen molar-refractivity contribution in [2.75, 3.05) is 20.8 Å². The van der Waals surface area contributed by atoms with E-state index in [1.807, 2.05) is 66.7 Å². The number of benzene rings is 3. The third-order valence-corrected chi connectivity index (χ3v) is 5.18. The maximum atomic E-state index is 10.9. The van der Waals surface area contributed by atoms with Crippen LogP contribution in [0.25, 0.3) is 10.9 Å². The molecule has 4 N–H and O–H groups in total. The predicted octanol–water partition coefficient (Wildman–Crippen LogP) is 4.56. The molecule has 0 atom stereocenters. The summed E-state index contributed by atoms with van der Waals surface area (Å²) in [6.07, 6.45) is 0.820. The fraction of sp³-hybridized carbons (Fsp3) is 0.160. The molecule has 0 saturated carbocycles. The molecule has 0 amide bonds. The first-order valence-electron chi connectivity index (χ1n) is 10.0. The van der Waals surface area contributed by atoms with Crippen LogP contribution in [-0.4, -0.2) is 36.6 Å². The van der Waals surface area contributed by atoms with Gasteiger partial charge in [0.2, 0.25) is 0 Å². The van der Waals surface area contributed by atoms with Crippen LogP contribution < -0.4 is 15.2 Å². The molecule has 6 nitrogen and oxygen atoms in total. The molecule has 0 aliphatic rings. The van der Waals surface area contributed by atoms with Gasteiger partial charge in [-0.3, -0.25) is 0 Å². The summed E-state index contributed by atoms with van der Waals surface area (Å²) >= 11 is 0. The van der Waals surface area contributed by atoms with Gasteiger partial charge in [-0.2, -0.15) is 0 Å². The van der Waals surface area contributed by atoms with Gasteiger partial charge in [-0.05, 0) is 36.7 Å². The van der Waals surface area contributed by atoms with Crippen LogP contribution in [0.3, 0.4) is 0 Å². The first-order valence-corrected chi connectivity index (χ1v) is 10.0. The predicted molar refractivity (Wildman–Crippen MR) is 124 cm³/mol. The Morgan fingerprint density at radius 2 is 1.65 bits per heavy atom. The van der Waals surface area contributed by atoms with Crippen molar-refractivity contribution in [1.82, 2.24) is 4.98 Å². The second kappa shape index (κ2) is 8.93. The summed E-state index contributed by atoms with van der Waals surface area (Å²) in [5.41, 5.74) is 10.5. The highest BCUT2D eigenvalue weighted by Crippen LogP contribution is 2.38. The van der Waals surface area contributed by atoms with Crippen LogP contribution in [0.4, 0.5) is 5.69 Å². The third kappa shape index (κ3) is 4.11. The zero-order chi connectivity index (χ0) is 21.8. The third-order valence-electron chi connectivity index (χ3n) is 5.18. The zero-order valence-corrected chi connectivity index (χ0v) is 17.6.